The third-order valence-electron chi connectivity index (χ3n) is 5.29. The molecule has 2 aromatic rings. The van der Waals surface area contributed by atoms with Crippen molar-refractivity contribution < 1.29 is 22.4 Å². The van der Waals surface area contributed by atoms with Crippen molar-refractivity contribution in [2.24, 2.45) is 0 Å². The Balaban J connectivity index is 1.58. The fraction of sp³-hybridized carbons (Fsp3) is 0.364. The first-order chi connectivity index (χ1) is 14.8. The lowest BCUT2D eigenvalue weighted by Crippen LogP contribution is -2.45. The van der Waals surface area contributed by atoms with Crippen molar-refractivity contribution >= 4 is 27.5 Å². The molecule has 1 heterocycles. The molecule has 0 spiro atoms. The third kappa shape index (κ3) is 5.68. The van der Waals surface area contributed by atoms with Crippen LogP contribution in [0.3, 0.4) is 0 Å². The average Bonchev–Trinajstić information content (AvgIpc) is 2.76. The van der Waals surface area contributed by atoms with Crippen molar-refractivity contribution in [3.8, 4) is 0 Å². The van der Waals surface area contributed by atoms with Crippen LogP contribution in [0.5, 0.6) is 0 Å². The van der Waals surface area contributed by atoms with Gasteiger partial charge in [0.2, 0.25) is 10.0 Å². The minimum absolute atomic E-state index is 0.0784. The minimum atomic E-state index is -3.64. The number of amides is 2. The molecule has 0 saturated carbocycles. The Kier molecular flexibility index (Phi) is 7.40. The van der Waals surface area contributed by atoms with Crippen LogP contribution in [0.1, 0.15) is 31.2 Å². The zero-order valence-electron chi connectivity index (χ0n) is 17.3. The summed E-state index contributed by atoms with van der Waals surface area (Å²) in [5.41, 5.74) is 0.899. The summed E-state index contributed by atoms with van der Waals surface area (Å²) in [6.45, 7) is 2.45. The highest BCUT2D eigenvalue weighted by Gasteiger charge is 2.33. The van der Waals surface area contributed by atoms with Crippen molar-refractivity contribution in [3.05, 3.63) is 59.9 Å². The molecule has 31 heavy (non-hydrogen) atoms. The maximum atomic E-state index is 13.6. The van der Waals surface area contributed by atoms with E-state index in [2.05, 4.69) is 10.6 Å². The SMILES string of the molecule is Cc1ccc(S(=O)(=O)N2CCCC[C@H]2CCNC(=O)C(=O)Nc2ccccc2F)cc1. The summed E-state index contributed by atoms with van der Waals surface area (Å²) < 4.78 is 41.3. The number of hydrogen-bond acceptors (Lipinski definition) is 4. The van der Waals surface area contributed by atoms with E-state index in [4.69, 9.17) is 0 Å². The second kappa shape index (κ2) is 10.0. The molecule has 7 nitrogen and oxygen atoms in total. The zero-order chi connectivity index (χ0) is 22.4. The predicted octanol–water partition coefficient (Wildman–Crippen LogP) is 2.82. The molecule has 1 saturated heterocycles. The van der Waals surface area contributed by atoms with Gasteiger partial charge in [-0.15, -0.1) is 0 Å². The van der Waals surface area contributed by atoms with Crippen molar-refractivity contribution in [1.82, 2.24) is 9.62 Å². The van der Waals surface area contributed by atoms with E-state index in [1.165, 1.54) is 22.5 Å². The molecule has 2 N–H and O–H groups in total. The highest BCUT2D eigenvalue weighted by molar-refractivity contribution is 7.89. The van der Waals surface area contributed by atoms with E-state index in [9.17, 15) is 22.4 Å². The summed E-state index contributed by atoms with van der Waals surface area (Å²) in [6, 6.07) is 12.0. The fourth-order valence-electron chi connectivity index (χ4n) is 3.60. The standard InChI is InChI=1S/C22H26FN3O4S/c1-16-9-11-18(12-10-16)31(29,30)26-15-5-4-6-17(26)13-14-24-21(27)22(28)25-20-8-3-2-7-19(20)23/h2-3,7-12,17H,4-6,13-15H2,1H3,(H,24,27)(H,25,28)/t17-/m0/s1. The molecule has 0 aliphatic carbocycles. The van der Waals surface area contributed by atoms with Gasteiger partial charge in [-0.3, -0.25) is 9.59 Å². The molecule has 3 rings (SSSR count). The van der Waals surface area contributed by atoms with Crippen LogP contribution >= 0.6 is 0 Å². The van der Waals surface area contributed by atoms with Crippen LogP contribution in [-0.2, 0) is 19.6 Å². The van der Waals surface area contributed by atoms with Crippen LogP contribution in [0, 0.1) is 12.7 Å². The van der Waals surface area contributed by atoms with Gasteiger partial charge >= 0.3 is 11.8 Å². The molecule has 2 amide bonds. The summed E-state index contributed by atoms with van der Waals surface area (Å²) in [4.78, 5) is 24.3. The quantitative estimate of drug-likeness (QED) is 0.666. The number of rotatable bonds is 6. The van der Waals surface area contributed by atoms with E-state index in [1.54, 1.807) is 30.3 Å². The van der Waals surface area contributed by atoms with Gasteiger partial charge in [-0.2, -0.15) is 4.31 Å². The van der Waals surface area contributed by atoms with Gasteiger partial charge in [-0.25, -0.2) is 12.8 Å². The Morgan fingerprint density at radius 1 is 1.06 bits per heavy atom. The summed E-state index contributed by atoms with van der Waals surface area (Å²) in [6.07, 6.45) is 2.73. The Hall–Kier alpha value is -2.78. The Labute approximate surface area is 181 Å². The molecule has 0 unspecified atom stereocenters. The highest BCUT2D eigenvalue weighted by Crippen LogP contribution is 2.27. The zero-order valence-corrected chi connectivity index (χ0v) is 18.1. The summed E-state index contributed by atoms with van der Waals surface area (Å²) in [7, 11) is -3.64. The maximum absolute atomic E-state index is 13.6. The van der Waals surface area contributed by atoms with E-state index in [0.717, 1.165) is 18.4 Å². The van der Waals surface area contributed by atoms with Crippen molar-refractivity contribution in [1.29, 1.82) is 0 Å². The minimum Gasteiger partial charge on any atom is -0.348 e. The van der Waals surface area contributed by atoms with Gasteiger partial charge in [-0.05, 0) is 50.5 Å². The van der Waals surface area contributed by atoms with Gasteiger partial charge in [0.05, 0.1) is 10.6 Å². The van der Waals surface area contributed by atoms with Crippen molar-refractivity contribution in [2.75, 3.05) is 18.4 Å². The van der Waals surface area contributed by atoms with Crippen LogP contribution in [0.2, 0.25) is 0 Å². The second-order valence-corrected chi connectivity index (χ2v) is 9.45. The second-order valence-electron chi connectivity index (χ2n) is 7.56. The first-order valence-corrected chi connectivity index (χ1v) is 11.7. The number of aryl methyl sites for hydroxylation is 1. The van der Waals surface area contributed by atoms with E-state index < -0.39 is 27.7 Å². The molecule has 9 heteroatoms. The monoisotopic (exact) mass is 447 g/mol. The molecular weight excluding hydrogens is 421 g/mol. The van der Waals surface area contributed by atoms with Crippen LogP contribution in [-0.4, -0.2) is 43.7 Å². The number of hydrogen-bond donors (Lipinski definition) is 2. The predicted molar refractivity (Wildman–Crippen MR) is 115 cm³/mol. The van der Waals surface area contributed by atoms with E-state index >= 15 is 0 Å². The van der Waals surface area contributed by atoms with Crippen LogP contribution in [0.15, 0.2) is 53.4 Å². The van der Waals surface area contributed by atoms with Crippen molar-refractivity contribution in [3.63, 3.8) is 0 Å². The summed E-state index contributed by atoms with van der Waals surface area (Å²) in [5, 5.41) is 4.72. The van der Waals surface area contributed by atoms with E-state index in [1.807, 2.05) is 6.92 Å². The largest absolute Gasteiger partial charge is 0.348 e. The van der Waals surface area contributed by atoms with E-state index in [-0.39, 0.29) is 23.2 Å². The number of sulfonamides is 1. The number of piperidine rings is 1. The highest BCUT2D eigenvalue weighted by atomic mass is 32.2. The Bertz CT molecular complexity index is 1040. The number of anilines is 1. The molecule has 2 aromatic carbocycles. The Morgan fingerprint density at radius 3 is 2.48 bits per heavy atom. The first-order valence-electron chi connectivity index (χ1n) is 10.2. The van der Waals surface area contributed by atoms with Gasteiger partial charge in [0, 0.05) is 19.1 Å². The van der Waals surface area contributed by atoms with E-state index in [0.29, 0.717) is 19.4 Å². The lowest BCUT2D eigenvalue weighted by Gasteiger charge is -2.34. The fourth-order valence-corrected chi connectivity index (χ4v) is 5.32. The van der Waals surface area contributed by atoms with Crippen LogP contribution in [0.4, 0.5) is 10.1 Å². The molecule has 0 bridgehead atoms. The Morgan fingerprint density at radius 2 is 1.77 bits per heavy atom. The van der Waals surface area contributed by atoms with Crippen LogP contribution < -0.4 is 10.6 Å². The third-order valence-corrected chi connectivity index (χ3v) is 7.26. The smallest absolute Gasteiger partial charge is 0.313 e. The number of para-hydroxylation sites is 1. The van der Waals surface area contributed by atoms with Gasteiger partial charge in [0.25, 0.3) is 0 Å². The first kappa shape index (κ1) is 22.9. The topological polar surface area (TPSA) is 95.6 Å². The van der Waals surface area contributed by atoms with Crippen LogP contribution in [0.25, 0.3) is 0 Å². The number of carbonyl (C=O) groups excluding carboxylic acids is 2. The molecular formula is C22H26FN3O4S. The number of benzene rings is 2. The average molecular weight is 448 g/mol. The summed E-state index contributed by atoms with van der Waals surface area (Å²) >= 11 is 0. The molecule has 1 aliphatic rings. The number of nitrogens with one attached hydrogen (secondary N) is 2. The molecule has 0 aromatic heterocycles. The van der Waals surface area contributed by atoms with Gasteiger partial charge in [0.15, 0.2) is 0 Å². The van der Waals surface area contributed by atoms with Gasteiger partial charge < -0.3 is 10.6 Å². The van der Waals surface area contributed by atoms with Crippen molar-refractivity contribution in [2.45, 2.75) is 43.5 Å². The maximum Gasteiger partial charge on any atom is 0.313 e. The molecule has 1 aliphatic heterocycles. The number of halogens is 1. The molecule has 166 valence electrons. The normalized spacial score (nSPS) is 17.2. The summed E-state index contributed by atoms with van der Waals surface area (Å²) in [5.74, 6) is -2.51. The van der Waals surface area contributed by atoms with Gasteiger partial charge in [-0.1, -0.05) is 36.2 Å². The lowest BCUT2D eigenvalue weighted by atomic mass is 10.0. The number of carbonyl (C=O) groups is 2. The lowest BCUT2D eigenvalue weighted by molar-refractivity contribution is -0.136. The molecule has 0 radical (unpaired) electrons. The molecule has 1 fully saturated rings. The van der Waals surface area contributed by atoms with Gasteiger partial charge in [0.1, 0.15) is 5.82 Å². The number of nitrogens with zero attached hydrogens (tertiary/aromatic N) is 1. The molecule has 1 atom stereocenters.